The third-order valence-corrected chi connectivity index (χ3v) is 3.15. The van der Waals surface area contributed by atoms with Crippen LogP contribution in [0.2, 0.25) is 0 Å². The lowest BCUT2D eigenvalue weighted by Crippen LogP contribution is -2.38. The first kappa shape index (κ1) is 22.2. The van der Waals surface area contributed by atoms with Crippen LogP contribution >= 0.6 is 24.0 Å². The van der Waals surface area contributed by atoms with Crippen molar-refractivity contribution in [1.29, 1.82) is 0 Å². The van der Waals surface area contributed by atoms with Gasteiger partial charge in [-0.25, -0.2) is 0 Å². The molecule has 134 valence electrons. The first-order valence-corrected chi connectivity index (χ1v) is 8.19. The van der Waals surface area contributed by atoms with Gasteiger partial charge in [0.05, 0.1) is 19.3 Å². The molecule has 0 saturated heterocycles. The zero-order valence-electron chi connectivity index (χ0n) is 14.8. The first-order valence-electron chi connectivity index (χ1n) is 8.19. The zero-order chi connectivity index (χ0) is 16.2. The Morgan fingerprint density at radius 2 is 2.13 bits per heavy atom. The average Bonchev–Trinajstić information content (AvgIpc) is 2.88. The molecular formula is C16H32IN5O. The third-order valence-electron chi connectivity index (χ3n) is 3.15. The summed E-state index contributed by atoms with van der Waals surface area (Å²) in [6.07, 6.45) is 5.97. The van der Waals surface area contributed by atoms with Crippen LogP contribution in [0.25, 0.3) is 0 Å². The normalized spacial score (nSPS) is 11.4. The molecule has 7 heteroatoms. The van der Waals surface area contributed by atoms with Crippen LogP contribution < -0.4 is 10.6 Å². The maximum absolute atomic E-state index is 5.58. The lowest BCUT2D eigenvalue weighted by Gasteiger charge is -2.11. The Morgan fingerprint density at radius 1 is 1.35 bits per heavy atom. The zero-order valence-corrected chi connectivity index (χ0v) is 17.2. The number of aliphatic imine (C=N–C) groups is 1. The van der Waals surface area contributed by atoms with E-state index in [4.69, 9.17) is 4.74 Å². The summed E-state index contributed by atoms with van der Waals surface area (Å²) in [6.45, 7) is 10.3. The molecule has 6 nitrogen and oxygen atoms in total. The Balaban J connectivity index is 0.00000484. The van der Waals surface area contributed by atoms with Crippen molar-refractivity contribution in [3.05, 3.63) is 18.0 Å². The number of ether oxygens (including phenoxy) is 1. The van der Waals surface area contributed by atoms with E-state index >= 15 is 0 Å². The second kappa shape index (κ2) is 13.6. The molecule has 1 aromatic heterocycles. The van der Waals surface area contributed by atoms with Crippen molar-refractivity contribution in [2.24, 2.45) is 18.0 Å². The first-order chi connectivity index (χ1) is 10.6. The van der Waals surface area contributed by atoms with Crippen LogP contribution in [0.1, 0.15) is 32.8 Å². The lowest BCUT2D eigenvalue weighted by molar-refractivity contribution is 0.130. The number of nitrogens with zero attached hydrogens (tertiary/aromatic N) is 3. The largest absolute Gasteiger partial charge is 0.380 e. The van der Waals surface area contributed by atoms with Crippen molar-refractivity contribution in [1.82, 2.24) is 20.4 Å². The summed E-state index contributed by atoms with van der Waals surface area (Å²) in [5, 5.41) is 10.7. The fourth-order valence-corrected chi connectivity index (χ4v) is 1.91. The molecule has 0 spiro atoms. The van der Waals surface area contributed by atoms with Gasteiger partial charge in [0.15, 0.2) is 5.96 Å². The molecule has 1 heterocycles. The predicted octanol–water partition coefficient (Wildman–Crippen LogP) is 2.20. The fourth-order valence-electron chi connectivity index (χ4n) is 1.91. The summed E-state index contributed by atoms with van der Waals surface area (Å²) in [5.41, 5.74) is 1.22. The highest BCUT2D eigenvalue weighted by Crippen LogP contribution is 1.98. The third kappa shape index (κ3) is 11.4. The van der Waals surface area contributed by atoms with Crippen molar-refractivity contribution in [3.8, 4) is 0 Å². The molecule has 1 rings (SSSR count). The van der Waals surface area contributed by atoms with E-state index in [1.54, 1.807) is 0 Å². The molecule has 0 unspecified atom stereocenters. The molecule has 23 heavy (non-hydrogen) atoms. The van der Waals surface area contributed by atoms with Crippen LogP contribution in [0, 0.1) is 5.92 Å². The van der Waals surface area contributed by atoms with Crippen molar-refractivity contribution >= 4 is 29.9 Å². The van der Waals surface area contributed by atoms with Gasteiger partial charge in [-0.2, -0.15) is 5.10 Å². The summed E-state index contributed by atoms with van der Waals surface area (Å²) < 4.78 is 7.40. The molecular weight excluding hydrogens is 405 g/mol. The highest BCUT2D eigenvalue weighted by molar-refractivity contribution is 14.0. The van der Waals surface area contributed by atoms with Gasteiger partial charge in [-0.05, 0) is 31.2 Å². The van der Waals surface area contributed by atoms with Gasteiger partial charge in [0.2, 0.25) is 0 Å². The van der Waals surface area contributed by atoms with Crippen LogP contribution in [-0.2, 0) is 18.2 Å². The van der Waals surface area contributed by atoms with Gasteiger partial charge in [-0.3, -0.25) is 9.67 Å². The van der Waals surface area contributed by atoms with Crippen LogP contribution in [0.5, 0.6) is 0 Å². The van der Waals surface area contributed by atoms with Crippen molar-refractivity contribution in [2.45, 2.75) is 33.6 Å². The molecule has 0 saturated carbocycles. The monoisotopic (exact) mass is 437 g/mol. The summed E-state index contributed by atoms with van der Waals surface area (Å²) in [4.78, 5) is 4.52. The quantitative estimate of drug-likeness (QED) is 0.255. The minimum absolute atomic E-state index is 0. The van der Waals surface area contributed by atoms with Gasteiger partial charge in [0.1, 0.15) is 0 Å². The second-order valence-electron chi connectivity index (χ2n) is 5.75. The van der Waals surface area contributed by atoms with Crippen molar-refractivity contribution < 1.29 is 4.74 Å². The van der Waals surface area contributed by atoms with Crippen molar-refractivity contribution in [2.75, 3.05) is 32.8 Å². The number of aryl methyl sites for hydroxylation is 1. The SMILES string of the molecule is CCNC(=NCCOCCC(C)C)NCCc1cnn(C)c1.I. The van der Waals surface area contributed by atoms with E-state index < -0.39 is 0 Å². The van der Waals surface area contributed by atoms with Gasteiger partial charge < -0.3 is 15.4 Å². The van der Waals surface area contributed by atoms with Gasteiger partial charge in [0.25, 0.3) is 0 Å². The molecule has 0 aliphatic heterocycles. The van der Waals surface area contributed by atoms with Crippen molar-refractivity contribution in [3.63, 3.8) is 0 Å². The van der Waals surface area contributed by atoms with E-state index in [2.05, 4.69) is 41.5 Å². The Labute approximate surface area is 157 Å². The standard InChI is InChI=1S/C16H31N5O.HI/c1-5-17-16(19-9-11-22-10-7-14(2)3)18-8-6-15-12-20-21(4)13-15;/h12-14H,5-11H2,1-4H3,(H2,17,18,19);1H. The minimum Gasteiger partial charge on any atom is -0.380 e. The number of halogens is 1. The van der Waals surface area contributed by atoms with Crippen LogP contribution in [0.4, 0.5) is 0 Å². The van der Waals surface area contributed by atoms with Crippen LogP contribution in [-0.4, -0.2) is 48.6 Å². The van der Waals surface area contributed by atoms with E-state index in [1.165, 1.54) is 5.56 Å². The number of rotatable bonds is 10. The van der Waals surface area contributed by atoms with Gasteiger partial charge >= 0.3 is 0 Å². The summed E-state index contributed by atoms with van der Waals surface area (Å²) in [6, 6.07) is 0. The molecule has 0 aliphatic carbocycles. The molecule has 1 aromatic rings. The van der Waals surface area contributed by atoms with E-state index in [0.717, 1.165) is 38.5 Å². The minimum atomic E-state index is 0. The number of guanidine groups is 1. The second-order valence-corrected chi connectivity index (χ2v) is 5.75. The summed E-state index contributed by atoms with van der Waals surface area (Å²) >= 11 is 0. The van der Waals surface area contributed by atoms with E-state index in [0.29, 0.717) is 19.1 Å². The van der Waals surface area contributed by atoms with Gasteiger partial charge in [-0.15, -0.1) is 24.0 Å². The number of nitrogens with one attached hydrogen (secondary N) is 2. The number of hydrogen-bond donors (Lipinski definition) is 2. The molecule has 0 fully saturated rings. The van der Waals surface area contributed by atoms with E-state index in [-0.39, 0.29) is 24.0 Å². The molecule has 0 aliphatic rings. The molecule has 0 aromatic carbocycles. The Morgan fingerprint density at radius 3 is 2.74 bits per heavy atom. The predicted molar refractivity (Wildman–Crippen MR) is 107 cm³/mol. The maximum atomic E-state index is 5.58. The molecule has 0 atom stereocenters. The Bertz CT molecular complexity index is 434. The molecule has 0 amide bonds. The fraction of sp³-hybridized carbons (Fsp3) is 0.750. The molecule has 2 N–H and O–H groups in total. The highest BCUT2D eigenvalue weighted by atomic mass is 127. The topological polar surface area (TPSA) is 63.5 Å². The highest BCUT2D eigenvalue weighted by Gasteiger charge is 1.99. The van der Waals surface area contributed by atoms with Crippen LogP contribution in [0.15, 0.2) is 17.4 Å². The van der Waals surface area contributed by atoms with E-state index in [1.807, 2.05) is 24.1 Å². The lowest BCUT2D eigenvalue weighted by atomic mass is 10.1. The average molecular weight is 437 g/mol. The van der Waals surface area contributed by atoms with Crippen LogP contribution in [0.3, 0.4) is 0 Å². The van der Waals surface area contributed by atoms with Gasteiger partial charge in [-0.1, -0.05) is 13.8 Å². The number of hydrogen-bond acceptors (Lipinski definition) is 3. The van der Waals surface area contributed by atoms with Gasteiger partial charge in [0, 0.05) is 32.9 Å². The Hall–Kier alpha value is -0.830. The summed E-state index contributed by atoms with van der Waals surface area (Å²) in [7, 11) is 1.93. The summed E-state index contributed by atoms with van der Waals surface area (Å²) in [5.74, 6) is 1.54. The smallest absolute Gasteiger partial charge is 0.191 e. The maximum Gasteiger partial charge on any atom is 0.191 e. The van der Waals surface area contributed by atoms with E-state index in [9.17, 15) is 0 Å². The molecule has 0 bridgehead atoms. The number of aromatic nitrogens is 2. The molecule has 0 radical (unpaired) electrons. The Kier molecular flexibility index (Phi) is 13.1.